The van der Waals surface area contributed by atoms with Gasteiger partial charge < -0.3 is 5.32 Å². The van der Waals surface area contributed by atoms with Crippen LogP contribution in [-0.2, 0) is 0 Å². The lowest BCUT2D eigenvalue weighted by molar-refractivity contribution is 0.122. The molecule has 1 aliphatic carbocycles. The molecule has 2 nitrogen and oxygen atoms in total. The maximum atomic E-state index is 14.4. The minimum absolute atomic E-state index is 0. The molecule has 0 radical (unpaired) electrons. The molecule has 0 bridgehead atoms. The fraction of sp³-hybridized carbons (Fsp3) is 0.625. The highest BCUT2D eigenvalue weighted by Gasteiger charge is 2.33. The highest BCUT2D eigenvalue weighted by atomic mass is 79.9. The minimum Gasteiger partial charge on any atom is -0.314 e. The highest BCUT2D eigenvalue weighted by molar-refractivity contribution is 9.10. The van der Waals surface area contributed by atoms with E-state index < -0.39 is 0 Å². The Morgan fingerprint density at radius 2 is 1.86 bits per heavy atom. The summed E-state index contributed by atoms with van der Waals surface area (Å²) >= 11 is 3.50. The molecular weight excluding hydrogens is 355 g/mol. The molecule has 5 heteroatoms. The number of nitrogens with zero attached hydrogens (tertiary/aromatic N) is 1. The molecule has 3 rings (SSSR count). The van der Waals surface area contributed by atoms with Gasteiger partial charge in [0.25, 0.3) is 0 Å². The van der Waals surface area contributed by atoms with Crippen LogP contribution in [0.1, 0.15) is 37.3 Å². The van der Waals surface area contributed by atoms with E-state index in [4.69, 9.17) is 0 Å². The summed E-state index contributed by atoms with van der Waals surface area (Å²) in [6.07, 6.45) is 5.06. The lowest BCUT2D eigenvalue weighted by atomic mass is 9.89. The lowest BCUT2D eigenvalue weighted by Gasteiger charge is -2.38. The predicted molar refractivity (Wildman–Crippen MR) is 90.5 cm³/mol. The van der Waals surface area contributed by atoms with Crippen molar-refractivity contribution in [2.45, 2.75) is 31.7 Å². The Balaban J connectivity index is 0.00000161. The molecule has 0 spiro atoms. The van der Waals surface area contributed by atoms with Gasteiger partial charge in [-0.25, -0.2) is 4.39 Å². The molecule has 1 atom stereocenters. The summed E-state index contributed by atoms with van der Waals surface area (Å²) in [6, 6.07) is 5.63. The van der Waals surface area contributed by atoms with Crippen LogP contribution in [0, 0.1) is 11.7 Å². The van der Waals surface area contributed by atoms with Gasteiger partial charge in [-0.2, -0.15) is 0 Å². The second kappa shape index (κ2) is 7.91. The zero-order valence-electron chi connectivity index (χ0n) is 12.2. The van der Waals surface area contributed by atoms with Crippen LogP contribution in [0.15, 0.2) is 22.7 Å². The number of piperazine rings is 1. The van der Waals surface area contributed by atoms with Crippen molar-refractivity contribution in [1.29, 1.82) is 0 Å². The van der Waals surface area contributed by atoms with Crippen LogP contribution >= 0.6 is 28.3 Å². The van der Waals surface area contributed by atoms with E-state index >= 15 is 0 Å². The van der Waals surface area contributed by atoms with Crippen molar-refractivity contribution in [3.8, 4) is 0 Å². The first-order valence-corrected chi connectivity index (χ1v) is 8.45. The maximum absolute atomic E-state index is 14.4. The average Bonchev–Trinajstić information content (AvgIpc) is 2.98. The van der Waals surface area contributed by atoms with Crippen LogP contribution in [0.2, 0.25) is 0 Å². The van der Waals surface area contributed by atoms with Crippen LogP contribution in [-0.4, -0.2) is 31.1 Å². The summed E-state index contributed by atoms with van der Waals surface area (Å²) in [4.78, 5) is 2.48. The summed E-state index contributed by atoms with van der Waals surface area (Å²) in [7, 11) is 0. The van der Waals surface area contributed by atoms with Crippen molar-refractivity contribution >= 4 is 28.3 Å². The van der Waals surface area contributed by atoms with Gasteiger partial charge in [0, 0.05) is 42.3 Å². The van der Waals surface area contributed by atoms with E-state index in [9.17, 15) is 4.39 Å². The van der Waals surface area contributed by atoms with Crippen molar-refractivity contribution in [3.63, 3.8) is 0 Å². The van der Waals surface area contributed by atoms with E-state index in [2.05, 4.69) is 26.1 Å². The van der Waals surface area contributed by atoms with E-state index in [1.54, 1.807) is 12.1 Å². The van der Waals surface area contributed by atoms with Crippen LogP contribution in [0.5, 0.6) is 0 Å². The molecule has 1 heterocycles. The van der Waals surface area contributed by atoms with Gasteiger partial charge in [0.2, 0.25) is 0 Å². The molecule has 1 aromatic carbocycles. The first-order chi connectivity index (χ1) is 9.75. The number of rotatable bonds is 3. The molecule has 0 unspecified atom stereocenters. The van der Waals surface area contributed by atoms with Gasteiger partial charge in [0.05, 0.1) is 0 Å². The van der Waals surface area contributed by atoms with E-state index in [0.29, 0.717) is 5.92 Å². The summed E-state index contributed by atoms with van der Waals surface area (Å²) < 4.78 is 15.3. The fourth-order valence-corrected chi connectivity index (χ4v) is 4.10. The zero-order chi connectivity index (χ0) is 13.9. The van der Waals surface area contributed by atoms with Gasteiger partial charge in [0.1, 0.15) is 5.82 Å². The van der Waals surface area contributed by atoms with Crippen molar-refractivity contribution in [1.82, 2.24) is 10.2 Å². The van der Waals surface area contributed by atoms with Crippen molar-refractivity contribution in [3.05, 3.63) is 34.1 Å². The van der Waals surface area contributed by atoms with Crippen molar-refractivity contribution in [2.24, 2.45) is 5.92 Å². The Kier molecular flexibility index (Phi) is 6.48. The largest absolute Gasteiger partial charge is 0.314 e. The SMILES string of the molecule is Cl.Fc1ccc(Br)cc1[C@H](C1CCCC1)N1CCNCC1. The Hall–Kier alpha value is -0.160. The summed E-state index contributed by atoms with van der Waals surface area (Å²) in [5.41, 5.74) is 0.883. The average molecular weight is 378 g/mol. The second-order valence-electron chi connectivity index (χ2n) is 5.94. The van der Waals surface area contributed by atoms with Crippen LogP contribution < -0.4 is 5.32 Å². The summed E-state index contributed by atoms with van der Waals surface area (Å²) in [6.45, 7) is 4.07. The molecule has 21 heavy (non-hydrogen) atoms. The number of nitrogens with one attached hydrogen (secondary N) is 1. The first-order valence-electron chi connectivity index (χ1n) is 7.65. The standard InChI is InChI=1S/C16H22BrFN2.ClH/c17-13-5-6-15(18)14(11-13)16(12-3-1-2-4-12)20-9-7-19-8-10-20;/h5-6,11-12,16,19H,1-4,7-10H2;1H/t16-;/m0./s1. The van der Waals surface area contributed by atoms with Crippen LogP contribution in [0.3, 0.4) is 0 Å². The molecule has 1 aromatic rings. The molecule has 1 saturated heterocycles. The molecule has 2 fully saturated rings. The number of halogens is 3. The number of hydrogen-bond donors (Lipinski definition) is 1. The van der Waals surface area contributed by atoms with Gasteiger partial charge in [-0.3, -0.25) is 4.90 Å². The third kappa shape index (κ3) is 3.98. The molecule has 1 saturated carbocycles. The topological polar surface area (TPSA) is 15.3 Å². The molecule has 2 aliphatic rings. The van der Waals surface area contributed by atoms with E-state index in [0.717, 1.165) is 36.2 Å². The summed E-state index contributed by atoms with van der Waals surface area (Å²) in [5, 5.41) is 3.39. The zero-order valence-corrected chi connectivity index (χ0v) is 14.6. The van der Waals surface area contributed by atoms with Crippen molar-refractivity contribution in [2.75, 3.05) is 26.2 Å². The fourth-order valence-electron chi connectivity index (χ4n) is 3.72. The Morgan fingerprint density at radius 1 is 1.19 bits per heavy atom. The molecule has 0 amide bonds. The number of hydrogen-bond acceptors (Lipinski definition) is 2. The monoisotopic (exact) mass is 376 g/mol. The van der Waals surface area contributed by atoms with E-state index in [1.807, 2.05) is 6.07 Å². The van der Waals surface area contributed by atoms with Gasteiger partial charge in [-0.05, 0) is 37.0 Å². The highest BCUT2D eigenvalue weighted by Crippen LogP contribution is 2.41. The number of benzene rings is 1. The maximum Gasteiger partial charge on any atom is 0.128 e. The van der Waals surface area contributed by atoms with Gasteiger partial charge >= 0.3 is 0 Å². The minimum atomic E-state index is -0.0522. The van der Waals surface area contributed by atoms with E-state index in [-0.39, 0.29) is 24.3 Å². The van der Waals surface area contributed by atoms with E-state index in [1.165, 1.54) is 25.7 Å². The van der Waals surface area contributed by atoms with Crippen LogP contribution in [0.25, 0.3) is 0 Å². The third-order valence-electron chi connectivity index (χ3n) is 4.67. The predicted octanol–water partition coefficient (Wildman–Crippen LogP) is 4.15. The van der Waals surface area contributed by atoms with Crippen LogP contribution in [0.4, 0.5) is 4.39 Å². The smallest absolute Gasteiger partial charge is 0.128 e. The van der Waals surface area contributed by atoms with Gasteiger partial charge in [-0.1, -0.05) is 28.8 Å². The molecule has 1 N–H and O–H groups in total. The van der Waals surface area contributed by atoms with Crippen molar-refractivity contribution < 1.29 is 4.39 Å². The van der Waals surface area contributed by atoms with Gasteiger partial charge in [0.15, 0.2) is 0 Å². The Morgan fingerprint density at radius 3 is 2.52 bits per heavy atom. The molecular formula is C16H23BrClFN2. The van der Waals surface area contributed by atoms with Gasteiger partial charge in [-0.15, -0.1) is 12.4 Å². The Bertz CT molecular complexity index is 460. The molecule has 118 valence electrons. The molecule has 0 aromatic heterocycles. The first kappa shape index (κ1) is 17.2. The quantitative estimate of drug-likeness (QED) is 0.851. The Labute approximate surface area is 141 Å². The second-order valence-corrected chi connectivity index (χ2v) is 6.86. The molecule has 1 aliphatic heterocycles. The summed E-state index contributed by atoms with van der Waals surface area (Å²) in [5.74, 6) is 0.556. The normalized spacial score (nSPS) is 22.0. The lowest BCUT2D eigenvalue weighted by Crippen LogP contribution is -2.46. The third-order valence-corrected chi connectivity index (χ3v) is 5.16.